The van der Waals surface area contributed by atoms with Crippen LogP contribution in [-0.2, 0) is 0 Å². The number of nitrogens with one attached hydrogen (secondary N) is 1. The van der Waals surface area contributed by atoms with Gasteiger partial charge in [0, 0.05) is 0 Å². The minimum atomic E-state index is -1.03. The Morgan fingerprint density at radius 2 is 2.15 bits per heavy atom. The monoisotopic (exact) mass is 276 g/mol. The third-order valence-electron chi connectivity index (χ3n) is 4.05. The number of benzene rings is 1. The zero-order chi connectivity index (χ0) is 15.1. The van der Waals surface area contributed by atoms with Crippen molar-refractivity contribution in [3.63, 3.8) is 0 Å². The number of carboxylic acids is 1. The maximum absolute atomic E-state index is 12.2. The molecule has 0 fully saturated rings. The predicted molar refractivity (Wildman–Crippen MR) is 77.1 cm³/mol. The second-order valence-corrected chi connectivity index (χ2v) is 5.93. The van der Waals surface area contributed by atoms with Gasteiger partial charge in [-0.3, -0.25) is 0 Å². The van der Waals surface area contributed by atoms with Crippen molar-refractivity contribution in [1.82, 2.24) is 0 Å². The van der Waals surface area contributed by atoms with Crippen LogP contribution in [-0.4, -0.2) is 29.0 Å². The van der Waals surface area contributed by atoms with Crippen molar-refractivity contribution in [2.24, 2.45) is 10.9 Å². The number of aryl methyl sites for hydroxylation is 1. The first-order valence-corrected chi connectivity index (χ1v) is 6.72. The first-order valence-electron chi connectivity index (χ1n) is 6.72. The number of hydrogen-bond donors (Lipinski definition) is 2. The molecule has 2 N–H and O–H groups in total. The number of quaternary nitrogens is 1. The summed E-state index contributed by atoms with van der Waals surface area (Å²) < 4.78 is 0. The molecule has 0 radical (unpaired) electrons. The fourth-order valence-electron chi connectivity index (χ4n) is 2.35. The fourth-order valence-corrected chi connectivity index (χ4v) is 2.35. The second-order valence-electron chi connectivity index (χ2n) is 5.93. The molecule has 5 heteroatoms. The number of nitrogens with zero attached hydrogens (tertiary/aromatic N) is 1. The summed E-state index contributed by atoms with van der Waals surface area (Å²) in [5.74, 6) is -0.501. The molecule has 2 unspecified atom stereocenters. The molecular formula is C15H20N2O3. The number of hydroxylamine groups is 2. The van der Waals surface area contributed by atoms with Gasteiger partial charge in [0.05, 0.1) is 11.1 Å². The van der Waals surface area contributed by atoms with Gasteiger partial charge in [-0.15, -0.1) is 0 Å². The molecule has 1 heterocycles. The third-order valence-corrected chi connectivity index (χ3v) is 4.05. The number of amidine groups is 1. The molecule has 0 amide bonds. The van der Waals surface area contributed by atoms with Crippen LogP contribution >= 0.6 is 0 Å². The third kappa shape index (κ3) is 2.46. The molecule has 5 nitrogen and oxygen atoms in total. The van der Waals surface area contributed by atoms with E-state index in [1.54, 1.807) is 12.1 Å². The Morgan fingerprint density at radius 1 is 1.50 bits per heavy atom. The summed E-state index contributed by atoms with van der Waals surface area (Å²) in [5, 5.41) is 21.5. The van der Waals surface area contributed by atoms with E-state index >= 15 is 0 Å². The number of hydrogen-bond acceptors (Lipinski definition) is 3. The second kappa shape index (κ2) is 5.00. The maximum atomic E-state index is 12.2. The van der Waals surface area contributed by atoms with Crippen LogP contribution in [0.3, 0.4) is 0 Å². The van der Waals surface area contributed by atoms with Crippen molar-refractivity contribution in [3.8, 4) is 0 Å². The molecule has 0 aliphatic carbocycles. The number of carbonyl (C=O) groups is 1. The van der Waals surface area contributed by atoms with Crippen molar-refractivity contribution in [1.29, 1.82) is 0 Å². The largest absolute Gasteiger partial charge is 0.628 e. The molecule has 20 heavy (non-hydrogen) atoms. The highest BCUT2D eigenvalue weighted by Crippen LogP contribution is 2.24. The van der Waals surface area contributed by atoms with Crippen LogP contribution in [0.25, 0.3) is 0 Å². The molecule has 2 rings (SSSR count). The molecule has 0 saturated heterocycles. The van der Waals surface area contributed by atoms with E-state index in [2.05, 4.69) is 4.99 Å². The normalized spacial score (nSPS) is 25.9. The molecule has 0 spiro atoms. The number of carboxylic acid groups (broad SMARTS) is 1. The minimum Gasteiger partial charge on any atom is -0.628 e. The van der Waals surface area contributed by atoms with Crippen LogP contribution in [0, 0.1) is 18.0 Å². The molecule has 0 aromatic heterocycles. The molecule has 1 aromatic carbocycles. The molecule has 1 aromatic rings. The van der Waals surface area contributed by atoms with Gasteiger partial charge in [0.25, 0.3) is 0 Å². The van der Waals surface area contributed by atoms with Gasteiger partial charge in [-0.1, -0.05) is 25.5 Å². The molecule has 2 atom stereocenters. The Bertz CT molecular complexity index is 580. The lowest BCUT2D eigenvalue weighted by Gasteiger charge is -2.25. The molecule has 1 aliphatic heterocycles. The molecular weight excluding hydrogens is 256 g/mol. The summed E-state index contributed by atoms with van der Waals surface area (Å²) in [6.45, 7) is 8.15. The average molecular weight is 276 g/mol. The summed E-state index contributed by atoms with van der Waals surface area (Å²) in [5.41, 5.74) is 0.985. The number of aromatic carboxylic acids is 1. The van der Waals surface area contributed by atoms with Crippen molar-refractivity contribution < 1.29 is 15.0 Å². The Hall–Kier alpha value is -1.72. The van der Waals surface area contributed by atoms with Gasteiger partial charge >= 0.3 is 5.97 Å². The maximum Gasteiger partial charge on any atom is 0.336 e. The highest BCUT2D eigenvalue weighted by atomic mass is 16.5. The number of rotatable bonds is 3. The summed E-state index contributed by atoms with van der Waals surface area (Å²) in [4.78, 5) is 15.9. The van der Waals surface area contributed by atoms with Crippen LogP contribution in [0.1, 0.15) is 42.3 Å². The molecule has 0 bridgehead atoms. The predicted octanol–water partition coefficient (Wildman–Crippen LogP) is 1.25. The lowest BCUT2D eigenvalue weighted by Crippen LogP contribution is -3.09. The first kappa shape index (κ1) is 14.7. The van der Waals surface area contributed by atoms with Crippen molar-refractivity contribution in [3.05, 3.63) is 40.1 Å². The van der Waals surface area contributed by atoms with Gasteiger partial charge in [-0.2, -0.15) is 0 Å². The van der Waals surface area contributed by atoms with E-state index in [0.29, 0.717) is 17.9 Å². The highest BCUT2D eigenvalue weighted by Gasteiger charge is 2.40. The van der Waals surface area contributed by atoms with Gasteiger partial charge in [0.15, 0.2) is 0 Å². The zero-order valence-corrected chi connectivity index (χ0v) is 12.2. The topological polar surface area (TPSA) is 77.2 Å². The summed E-state index contributed by atoms with van der Waals surface area (Å²) in [7, 11) is 0. The van der Waals surface area contributed by atoms with E-state index < -0.39 is 11.5 Å². The zero-order valence-electron chi connectivity index (χ0n) is 12.2. The van der Waals surface area contributed by atoms with Crippen LogP contribution in [0.4, 0.5) is 0 Å². The van der Waals surface area contributed by atoms with Crippen LogP contribution in [0.15, 0.2) is 23.2 Å². The Balaban J connectivity index is 2.54. The molecule has 1 aliphatic rings. The van der Waals surface area contributed by atoms with E-state index in [9.17, 15) is 15.1 Å². The van der Waals surface area contributed by atoms with Crippen LogP contribution < -0.4 is 5.06 Å². The Kier molecular flexibility index (Phi) is 3.67. The Labute approximate surface area is 118 Å². The van der Waals surface area contributed by atoms with E-state index in [1.165, 1.54) is 0 Å². The Morgan fingerprint density at radius 3 is 2.65 bits per heavy atom. The smallest absolute Gasteiger partial charge is 0.336 e. The summed E-state index contributed by atoms with van der Waals surface area (Å²) in [6.07, 6.45) is 0. The van der Waals surface area contributed by atoms with E-state index in [1.807, 2.05) is 33.8 Å². The van der Waals surface area contributed by atoms with Gasteiger partial charge in [0.2, 0.25) is 5.84 Å². The average Bonchev–Trinajstić information content (AvgIpc) is 2.66. The lowest BCUT2D eigenvalue weighted by molar-refractivity contribution is -0.744. The quantitative estimate of drug-likeness (QED) is 0.816. The van der Waals surface area contributed by atoms with Crippen molar-refractivity contribution in [2.45, 2.75) is 33.2 Å². The summed E-state index contributed by atoms with van der Waals surface area (Å²) >= 11 is 0. The number of aliphatic imine (C=N–C) groups is 1. The molecule has 0 saturated carbocycles. The summed E-state index contributed by atoms with van der Waals surface area (Å²) in [6, 6.07) is 5.07. The van der Waals surface area contributed by atoms with E-state index in [-0.39, 0.29) is 16.5 Å². The van der Waals surface area contributed by atoms with Crippen molar-refractivity contribution in [2.75, 3.05) is 6.54 Å². The fraction of sp³-hybridized carbons (Fsp3) is 0.467. The van der Waals surface area contributed by atoms with Gasteiger partial charge < -0.3 is 15.4 Å². The van der Waals surface area contributed by atoms with Gasteiger partial charge in [0.1, 0.15) is 12.1 Å². The SMILES string of the molecule is Cc1ccc(C2=NC(C)(C(C)C)C[NH+]2[O-])c(C(=O)O)c1. The highest BCUT2D eigenvalue weighted by molar-refractivity contribution is 6.04. The first-order chi connectivity index (χ1) is 9.24. The standard InChI is InChI=1S/C15H20N2O3/c1-9(2)15(4)8-17(20)13(16-15)11-6-5-10(3)7-12(11)14(18)19/h5-7,9,17H,8H2,1-4H3,(H,18,19). The molecule has 108 valence electrons. The van der Waals surface area contributed by atoms with Crippen LogP contribution in [0.2, 0.25) is 0 Å². The van der Waals surface area contributed by atoms with Gasteiger partial charge in [-0.25, -0.2) is 9.79 Å². The lowest BCUT2D eigenvalue weighted by atomic mass is 9.90. The van der Waals surface area contributed by atoms with E-state index in [4.69, 9.17) is 0 Å². The minimum absolute atomic E-state index is 0.0763. The van der Waals surface area contributed by atoms with Crippen LogP contribution in [0.5, 0.6) is 0 Å². The van der Waals surface area contributed by atoms with Crippen molar-refractivity contribution >= 4 is 11.8 Å². The van der Waals surface area contributed by atoms with E-state index in [0.717, 1.165) is 5.56 Å². The van der Waals surface area contributed by atoms with Gasteiger partial charge in [-0.05, 0) is 31.9 Å².